The number of thiophene rings is 1. The number of carbonyl (C=O) groups excluding carboxylic acids is 1. The minimum atomic E-state index is -4.86. The number of hydrogen-bond donors (Lipinski definition) is 1. The molecule has 2 aromatic heterocycles. The van der Waals surface area contributed by atoms with Crippen molar-refractivity contribution in [2.24, 2.45) is 5.73 Å². The number of fused-ring (bicyclic) bond motifs is 1. The third-order valence-electron chi connectivity index (χ3n) is 2.96. The topological polar surface area (TPSA) is 78.1 Å². The molecule has 2 N–H and O–H groups in total. The summed E-state index contributed by atoms with van der Waals surface area (Å²) in [5.41, 5.74) is 5.99. The molecule has 126 valence electrons. The summed E-state index contributed by atoms with van der Waals surface area (Å²) in [5.74, 6) is -1.19. The lowest BCUT2D eigenvalue weighted by molar-refractivity contribution is -0.274. The van der Waals surface area contributed by atoms with E-state index in [0.717, 1.165) is 17.4 Å². The van der Waals surface area contributed by atoms with E-state index in [-0.39, 0.29) is 28.4 Å². The van der Waals surface area contributed by atoms with Crippen LogP contribution in [0.2, 0.25) is 0 Å². The van der Waals surface area contributed by atoms with E-state index in [2.05, 4.69) is 14.7 Å². The molecule has 3 aromatic rings. The molecule has 0 atom stereocenters. The van der Waals surface area contributed by atoms with Crippen molar-refractivity contribution in [3.8, 4) is 16.9 Å². The van der Waals surface area contributed by atoms with Crippen LogP contribution in [-0.2, 0) is 0 Å². The SMILES string of the molecule is Cl.NC(=O)c1sc2cncnc2c1-c1ccccc1OC(F)(F)F. The molecule has 0 saturated heterocycles. The number of nitrogens with two attached hydrogens (primary N) is 1. The van der Waals surface area contributed by atoms with Gasteiger partial charge in [0.25, 0.3) is 5.91 Å². The Labute approximate surface area is 143 Å². The van der Waals surface area contributed by atoms with Gasteiger partial charge in [0.05, 0.1) is 10.2 Å². The molecule has 2 heterocycles. The van der Waals surface area contributed by atoms with Crippen molar-refractivity contribution in [1.82, 2.24) is 9.97 Å². The molecule has 0 spiro atoms. The molecular formula is C14H9ClF3N3O2S. The van der Waals surface area contributed by atoms with Crippen molar-refractivity contribution in [3.63, 3.8) is 0 Å². The number of alkyl halides is 3. The molecule has 0 aliphatic carbocycles. The van der Waals surface area contributed by atoms with Gasteiger partial charge in [-0.05, 0) is 6.07 Å². The van der Waals surface area contributed by atoms with Crippen LogP contribution in [-0.4, -0.2) is 22.2 Å². The van der Waals surface area contributed by atoms with Crippen molar-refractivity contribution >= 4 is 39.9 Å². The van der Waals surface area contributed by atoms with Gasteiger partial charge in [-0.3, -0.25) is 4.79 Å². The number of hydrogen-bond acceptors (Lipinski definition) is 5. The van der Waals surface area contributed by atoms with E-state index in [1.165, 1.54) is 30.7 Å². The number of rotatable bonds is 3. The number of ether oxygens (including phenoxy) is 1. The highest BCUT2D eigenvalue weighted by Crippen LogP contribution is 2.42. The first-order chi connectivity index (χ1) is 10.9. The maximum Gasteiger partial charge on any atom is 0.573 e. The molecule has 0 saturated carbocycles. The Morgan fingerprint density at radius 1 is 1.25 bits per heavy atom. The maximum atomic E-state index is 12.6. The van der Waals surface area contributed by atoms with Crippen LogP contribution in [0.4, 0.5) is 13.2 Å². The van der Waals surface area contributed by atoms with Gasteiger partial charge >= 0.3 is 6.36 Å². The van der Waals surface area contributed by atoms with Crippen LogP contribution in [0.1, 0.15) is 9.67 Å². The Morgan fingerprint density at radius 3 is 2.62 bits per heavy atom. The fourth-order valence-corrected chi connectivity index (χ4v) is 3.15. The predicted molar refractivity (Wildman–Crippen MR) is 85.3 cm³/mol. The lowest BCUT2D eigenvalue weighted by atomic mass is 10.0. The second-order valence-corrected chi connectivity index (χ2v) is 5.50. The van der Waals surface area contributed by atoms with E-state index >= 15 is 0 Å². The largest absolute Gasteiger partial charge is 0.573 e. The number of halogens is 4. The second kappa shape index (κ2) is 6.62. The van der Waals surface area contributed by atoms with E-state index in [9.17, 15) is 18.0 Å². The first-order valence-electron chi connectivity index (χ1n) is 6.24. The molecule has 10 heteroatoms. The van der Waals surface area contributed by atoms with Gasteiger partial charge in [-0.2, -0.15) is 0 Å². The molecule has 0 fully saturated rings. The Morgan fingerprint density at radius 2 is 1.96 bits per heavy atom. The predicted octanol–water partition coefficient (Wildman–Crippen LogP) is 3.78. The molecule has 5 nitrogen and oxygen atoms in total. The monoisotopic (exact) mass is 375 g/mol. The summed E-state index contributed by atoms with van der Waals surface area (Å²) in [6.07, 6.45) is -2.14. The maximum absolute atomic E-state index is 12.6. The van der Waals surface area contributed by atoms with Crippen molar-refractivity contribution < 1.29 is 22.7 Å². The smallest absolute Gasteiger partial charge is 0.405 e. The summed E-state index contributed by atoms with van der Waals surface area (Å²) < 4.78 is 42.4. The van der Waals surface area contributed by atoms with E-state index < -0.39 is 18.0 Å². The summed E-state index contributed by atoms with van der Waals surface area (Å²) in [4.78, 5) is 19.7. The Hall–Kier alpha value is -2.39. The van der Waals surface area contributed by atoms with Gasteiger partial charge < -0.3 is 10.5 Å². The first kappa shape index (κ1) is 18.0. The van der Waals surface area contributed by atoms with Crippen molar-refractivity contribution in [2.75, 3.05) is 0 Å². The van der Waals surface area contributed by atoms with Crippen molar-refractivity contribution in [2.45, 2.75) is 6.36 Å². The number of carbonyl (C=O) groups is 1. The van der Waals surface area contributed by atoms with E-state index in [1.54, 1.807) is 0 Å². The molecule has 0 bridgehead atoms. The van der Waals surface area contributed by atoms with Crippen LogP contribution in [0.3, 0.4) is 0 Å². The highest BCUT2D eigenvalue weighted by atomic mass is 35.5. The average molecular weight is 376 g/mol. The summed E-state index contributed by atoms with van der Waals surface area (Å²) >= 11 is 1.02. The van der Waals surface area contributed by atoms with Crippen LogP contribution in [0.5, 0.6) is 5.75 Å². The van der Waals surface area contributed by atoms with Gasteiger partial charge in [-0.1, -0.05) is 18.2 Å². The molecule has 0 radical (unpaired) electrons. The Kier molecular flexibility index (Phi) is 4.95. The Balaban J connectivity index is 0.00000208. The zero-order chi connectivity index (χ0) is 16.6. The zero-order valence-electron chi connectivity index (χ0n) is 11.7. The van der Waals surface area contributed by atoms with Gasteiger partial charge in [0.2, 0.25) is 0 Å². The number of para-hydroxylation sites is 1. The van der Waals surface area contributed by atoms with Crippen LogP contribution in [0.15, 0.2) is 36.8 Å². The quantitative estimate of drug-likeness (QED) is 0.755. The molecular weight excluding hydrogens is 367 g/mol. The van der Waals surface area contributed by atoms with Crippen molar-refractivity contribution in [3.05, 3.63) is 41.7 Å². The lowest BCUT2D eigenvalue weighted by Gasteiger charge is -2.13. The average Bonchev–Trinajstić information content (AvgIpc) is 2.86. The van der Waals surface area contributed by atoms with Crippen LogP contribution >= 0.6 is 23.7 Å². The van der Waals surface area contributed by atoms with Crippen LogP contribution in [0.25, 0.3) is 21.3 Å². The third-order valence-corrected chi connectivity index (χ3v) is 4.09. The summed E-state index contributed by atoms with van der Waals surface area (Å²) in [7, 11) is 0. The summed E-state index contributed by atoms with van der Waals surface area (Å²) in [6.45, 7) is 0. The number of aromatic nitrogens is 2. The number of nitrogens with zero attached hydrogens (tertiary/aromatic N) is 2. The second-order valence-electron chi connectivity index (χ2n) is 4.45. The normalized spacial score (nSPS) is 11.1. The van der Waals surface area contributed by atoms with Gasteiger partial charge in [-0.15, -0.1) is 36.9 Å². The van der Waals surface area contributed by atoms with Gasteiger partial charge in [0, 0.05) is 17.3 Å². The number of amides is 1. The molecule has 3 rings (SSSR count). The standard InChI is InChI=1S/C14H8F3N3O2S.ClH/c15-14(16,17)22-8-4-2-1-3-7(8)10-11-9(5-19-6-20-11)23-12(10)13(18)21;/h1-6H,(H2,18,21);1H. The fourth-order valence-electron chi connectivity index (χ4n) is 2.16. The van der Waals surface area contributed by atoms with Crippen LogP contribution < -0.4 is 10.5 Å². The molecule has 0 unspecified atom stereocenters. The van der Waals surface area contributed by atoms with Gasteiger partial charge in [0.1, 0.15) is 17.0 Å². The lowest BCUT2D eigenvalue weighted by Crippen LogP contribution is -2.18. The minimum absolute atomic E-state index is 0. The molecule has 1 amide bonds. The Bertz CT molecular complexity index is 898. The highest BCUT2D eigenvalue weighted by Gasteiger charge is 2.33. The van der Waals surface area contributed by atoms with Crippen molar-refractivity contribution in [1.29, 1.82) is 0 Å². The minimum Gasteiger partial charge on any atom is -0.405 e. The fraction of sp³-hybridized carbons (Fsp3) is 0.0714. The molecule has 0 aliphatic heterocycles. The first-order valence-corrected chi connectivity index (χ1v) is 7.06. The summed E-state index contributed by atoms with van der Waals surface area (Å²) in [5, 5.41) is 0. The zero-order valence-corrected chi connectivity index (χ0v) is 13.3. The van der Waals surface area contributed by atoms with Gasteiger partial charge in [0.15, 0.2) is 0 Å². The van der Waals surface area contributed by atoms with Crippen LogP contribution in [0, 0.1) is 0 Å². The number of benzene rings is 1. The highest BCUT2D eigenvalue weighted by molar-refractivity contribution is 7.21. The molecule has 24 heavy (non-hydrogen) atoms. The van der Waals surface area contributed by atoms with E-state index in [1.807, 2.05) is 0 Å². The van der Waals surface area contributed by atoms with E-state index in [4.69, 9.17) is 5.73 Å². The van der Waals surface area contributed by atoms with Gasteiger partial charge in [-0.25, -0.2) is 9.97 Å². The number of primary amides is 1. The molecule has 1 aromatic carbocycles. The van der Waals surface area contributed by atoms with E-state index in [0.29, 0.717) is 10.2 Å². The summed E-state index contributed by atoms with van der Waals surface area (Å²) in [6, 6.07) is 5.52. The molecule has 0 aliphatic rings. The third kappa shape index (κ3) is 3.41.